The molecule has 0 aromatic rings. The molecule has 0 heterocycles. The number of hydrogen-bond donors (Lipinski definition) is 2. The van der Waals surface area contributed by atoms with Crippen LogP contribution in [-0.2, 0) is 4.79 Å². The van der Waals surface area contributed by atoms with Crippen molar-refractivity contribution in [2.24, 2.45) is 5.92 Å². The Hall–Kier alpha value is -0.830. The average Bonchev–Trinajstić information content (AvgIpc) is 2.21. The maximum atomic E-state index is 10.7. The number of carbonyl (C=O) groups is 1. The van der Waals surface area contributed by atoms with Crippen LogP contribution in [-0.4, -0.2) is 24.2 Å². The molecular weight excluding hydrogens is 202 g/mol. The first-order valence-corrected chi connectivity index (χ1v) is 6.21. The van der Waals surface area contributed by atoms with Gasteiger partial charge < -0.3 is 10.4 Å². The van der Waals surface area contributed by atoms with Crippen LogP contribution in [0.2, 0.25) is 0 Å². The van der Waals surface area contributed by atoms with Crippen molar-refractivity contribution >= 4 is 5.97 Å². The Balaban J connectivity index is 3.48. The van der Waals surface area contributed by atoms with E-state index in [1.165, 1.54) is 19.3 Å². The van der Waals surface area contributed by atoms with E-state index in [1.54, 1.807) is 6.08 Å². The predicted octanol–water partition coefficient (Wildman–Crippen LogP) is 2.82. The zero-order valence-corrected chi connectivity index (χ0v) is 10.8. The molecule has 3 heteroatoms. The zero-order chi connectivity index (χ0) is 12.4. The molecule has 0 bridgehead atoms. The van der Waals surface area contributed by atoms with Gasteiger partial charge in [-0.1, -0.05) is 39.7 Å². The van der Waals surface area contributed by atoms with Crippen LogP contribution in [0.4, 0.5) is 0 Å². The van der Waals surface area contributed by atoms with Crippen molar-refractivity contribution in [3.63, 3.8) is 0 Å². The zero-order valence-electron chi connectivity index (χ0n) is 10.8. The topological polar surface area (TPSA) is 49.3 Å². The molecule has 0 aliphatic carbocycles. The molecule has 16 heavy (non-hydrogen) atoms. The van der Waals surface area contributed by atoms with E-state index in [0.717, 1.165) is 12.5 Å². The molecule has 0 unspecified atom stereocenters. The second kappa shape index (κ2) is 9.40. The fraction of sp³-hybridized carbons (Fsp3) is 0.769. The summed E-state index contributed by atoms with van der Waals surface area (Å²) in [5.41, 5.74) is 0.495. The van der Waals surface area contributed by atoms with Crippen LogP contribution < -0.4 is 5.32 Å². The summed E-state index contributed by atoms with van der Waals surface area (Å²) in [7, 11) is 0. The first-order chi connectivity index (χ1) is 7.57. The first-order valence-electron chi connectivity index (χ1n) is 6.21. The Morgan fingerprint density at radius 2 is 2.06 bits per heavy atom. The molecule has 0 spiro atoms. The van der Waals surface area contributed by atoms with Crippen molar-refractivity contribution in [2.75, 3.05) is 13.1 Å². The monoisotopic (exact) mass is 227 g/mol. The van der Waals surface area contributed by atoms with E-state index in [9.17, 15) is 4.79 Å². The van der Waals surface area contributed by atoms with E-state index in [-0.39, 0.29) is 0 Å². The lowest BCUT2D eigenvalue weighted by atomic mass is 10.1. The van der Waals surface area contributed by atoms with Gasteiger partial charge in [0.1, 0.15) is 0 Å². The van der Waals surface area contributed by atoms with Crippen LogP contribution in [0.5, 0.6) is 0 Å². The highest BCUT2D eigenvalue weighted by molar-refractivity contribution is 5.86. The van der Waals surface area contributed by atoms with Crippen LogP contribution in [0.25, 0.3) is 0 Å². The maximum Gasteiger partial charge on any atom is 0.331 e. The molecule has 0 aliphatic heterocycles. The summed E-state index contributed by atoms with van der Waals surface area (Å²) < 4.78 is 0. The van der Waals surface area contributed by atoms with Crippen LogP contribution in [0.1, 0.15) is 46.5 Å². The number of rotatable bonds is 9. The molecule has 94 valence electrons. The minimum atomic E-state index is -0.802. The quantitative estimate of drug-likeness (QED) is 0.470. The van der Waals surface area contributed by atoms with Gasteiger partial charge in [0, 0.05) is 12.1 Å². The van der Waals surface area contributed by atoms with E-state index >= 15 is 0 Å². The number of nitrogens with one attached hydrogen (secondary N) is 1. The maximum absolute atomic E-state index is 10.7. The van der Waals surface area contributed by atoms with Crippen molar-refractivity contribution in [3.05, 3.63) is 11.6 Å². The predicted molar refractivity (Wildman–Crippen MR) is 67.6 cm³/mol. The fourth-order valence-electron chi connectivity index (χ4n) is 1.48. The molecule has 0 radical (unpaired) electrons. The van der Waals surface area contributed by atoms with E-state index < -0.39 is 5.97 Å². The number of carboxylic acid groups (broad SMARTS) is 1. The molecule has 0 aromatic carbocycles. The molecule has 2 N–H and O–H groups in total. The van der Waals surface area contributed by atoms with E-state index in [2.05, 4.69) is 19.2 Å². The molecule has 0 amide bonds. The molecule has 0 aliphatic rings. The van der Waals surface area contributed by atoms with E-state index in [0.29, 0.717) is 18.5 Å². The summed E-state index contributed by atoms with van der Waals surface area (Å²) >= 11 is 0. The van der Waals surface area contributed by atoms with Gasteiger partial charge in [-0.25, -0.2) is 4.79 Å². The second-order valence-electron chi connectivity index (χ2n) is 4.48. The van der Waals surface area contributed by atoms with E-state index in [1.807, 2.05) is 6.92 Å². The van der Waals surface area contributed by atoms with Gasteiger partial charge in [0.25, 0.3) is 0 Å². The number of aliphatic carboxylic acids is 1. The number of carboxylic acids is 1. The summed E-state index contributed by atoms with van der Waals surface area (Å²) in [6.07, 6.45) is 6.04. The van der Waals surface area contributed by atoms with Gasteiger partial charge >= 0.3 is 5.97 Å². The van der Waals surface area contributed by atoms with Gasteiger partial charge in [-0.3, -0.25) is 0 Å². The lowest BCUT2D eigenvalue weighted by molar-refractivity contribution is -0.132. The third kappa shape index (κ3) is 8.48. The third-order valence-electron chi connectivity index (χ3n) is 2.53. The Morgan fingerprint density at radius 3 is 2.56 bits per heavy atom. The highest BCUT2D eigenvalue weighted by Gasteiger charge is 2.02. The minimum Gasteiger partial charge on any atom is -0.478 e. The van der Waals surface area contributed by atoms with Crippen molar-refractivity contribution in [1.29, 1.82) is 0 Å². The summed E-state index contributed by atoms with van der Waals surface area (Å²) in [5.74, 6) is -0.0253. The van der Waals surface area contributed by atoms with E-state index in [4.69, 9.17) is 5.11 Å². The molecule has 0 saturated carbocycles. The smallest absolute Gasteiger partial charge is 0.331 e. The SMILES string of the molecule is CCC(=CCNCCCCC(C)C)C(=O)O. The van der Waals surface area contributed by atoms with Crippen molar-refractivity contribution < 1.29 is 9.90 Å². The summed E-state index contributed by atoms with van der Waals surface area (Å²) in [4.78, 5) is 10.7. The highest BCUT2D eigenvalue weighted by Crippen LogP contribution is 2.05. The molecule has 0 aromatic heterocycles. The first kappa shape index (κ1) is 15.2. The second-order valence-corrected chi connectivity index (χ2v) is 4.48. The molecule has 3 nitrogen and oxygen atoms in total. The van der Waals surface area contributed by atoms with Gasteiger partial charge in [0.15, 0.2) is 0 Å². The fourth-order valence-corrected chi connectivity index (χ4v) is 1.48. The minimum absolute atomic E-state index is 0.495. The normalized spacial score (nSPS) is 12.1. The van der Waals surface area contributed by atoms with Gasteiger partial charge in [0.05, 0.1) is 0 Å². The highest BCUT2D eigenvalue weighted by atomic mass is 16.4. The van der Waals surface area contributed by atoms with Gasteiger partial charge in [0.2, 0.25) is 0 Å². The summed E-state index contributed by atoms with van der Waals surface area (Å²) in [5, 5.41) is 12.0. The molecule has 0 saturated heterocycles. The van der Waals surface area contributed by atoms with Crippen LogP contribution in [0, 0.1) is 5.92 Å². The van der Waals surface area contributed by atoms with Crippen molar-refractivity contribution in [1.82, 2.24) is 5.32 Å². The van der Waals surface area contributed by atoms with Crippen molar-refractivity contribution in [2.45, 2.75) is 46.5 Å². The van der Waals surface area contributed by atoms with Gasteiger partial charge in [-0.15, -0.1) is 0 Å². The summed E-state index contributed by atoms with van der Waals surface area (Å²) in [6.45, 7) is 7.96. The van der Waals surface area contributed by atoms with Crippen LogP contribution in [0.3, 0.4) is 0 Å². The lowest BCUT2D eigenvalue weighted by Gasteiger charge is -2.05. The number of unbranched alkanes of at least 4 members (excludes halogenated alkanes) is 1. The summed E-state index contributed by atoms with van der Waals surface area (Å²) in [6, 6.07) is 0. The van der Waals surface area contributed by atoms with Crippen LogP contribution in [0.15, 0.2) is 11.6 Å². The Labute approximate surface area is 98.9 Å². The molecule has 0 atom stereocenters. The molecule has 0 rings (SSSR count). The third-order valence-corrected chi connectivity index (χ3v) is 2.53. The Kier molecular flexibility index (Phi) is 8.91. The standard InChI is InChI=1S/C13H25NO2/c1-4-12(13(15)16)8-10-14-9-6-5-7-11(2)3/h8,11,14H,4-7,9-10H2,1-3H3,(H,15,16). The van der Waals surface area contributed by atoms with Crippen molar-refractivity contribution in [3.8, 4) is 0 Å². The molecular formula is C13H25NO2. The Morgan fingerprint density at radius 1 is 1.38 bits per heavy atom. The van der Waals surface area contributed by atoms with Crippen LogP contribution >= 0.6 is 0 Å². The largest absolute Gasteiger partial charge is 0.478 e. The van der Waals surface area contributed by atoms with Gasteiger partial charge in [-0.2, -0.15) is 0 Å². The lowest BCUT2D eigenvalue weighted by Crippen LogP contribution is -2.16. The Bertz CT molecular complexity index is 222. The number of hydrogen-bond acceptors (Lipinski definition) is 2. The van der Waals surface area contributed by atoms with Gasteiger partial charge in [-0.05, 0) is 25.3 Å². The molecule has 0 fully saturated rings. The average molecular weight is 227 g/mol.